The number of furan rings is 1. The summed E-state index contributed by atoms with van der Waals surface area (Å²) in [5.74, 6) is 0. The second kappa shape index (κ2) is 9.49. The van der Waals surface area contributed by atoms with Crippen LogP contribution in [0, 0.1) is 0 Å². The van der Waals surface area contributed by atoms with Gasteiger partial charge in [0.1, 0.15) is 11.2 Å². The van der Waals surface area contributed by atoms with E-state index in [9.17, 15) is 0 Å². The number of rotatable bonds is 3. The molecule has 0 fully saturated rings. The molecule has 0 atom stereocenters. The molecule has 0 N–H and O–H groups in total. The van der Waals surface area contributed by atoms with Gasteiger partial charge in [-0.15, -0.1) is 0 Å². The van der Waals surface area contributed by atoms with Crippen molar-refractivity contribution in [1.29, 1.82) is 0 Å². The average Bonchev–Trinajstić information content (AvgIpc) is 3.68. The fraction of sp³-hybridized carbons (Fsp3) is 0.130. The van der Waals surface area contributed by atoms with Gasteiger partial charge in [0, 0.05) is 43.9 Å². The Morgan fingerprint density at radius 2 is 1.10 bits per heavy atom. The average molecular weight is 618 g/mol. The van der Waals surface area contributed by atoms with Crippen LogP contribution in [0.4, 0.5) is 17.1 Å². The molecule has 0 amide bonds. The summed E-state index contributed by atoms with van der Waals surface area (Å²) in [5.41, 5.74) is 15.7. The number of hydrogen-bond acceptors (Lipinski definition) is 2. The predicted molar refractivity (Wildman–Crippen MR) is 201 cm³/mol. The van der Waals surface area contributed by atoms with Crippen LogP contribution in [0.1, 0.15) is 49.9 Å². The number of nitrogens with zero attached hydrogens (tertiary/aromatic N) is 1. The zero-order valence-corrected chi connectivity index (χ0v) is 27.6. The highest BCUT2D eigenvalue weighted by Gasteiger charge is 2.39. The fourth-order valence-corrected chi connectivity index (χ4v) is 8.81. The van der Waals surface area contributed by atoms with Crippen LogP contribution in [-0.2, 0) is 10.8 Å². The first-order chi connectivity index (χ1) is 23.3. The van der Waals surface area contributed by atoms with Crippen molar-refractivity contribution < 1.29 is 4.42 Å². The minimum atomic E-state index is -0.149. The number of para-hydroxylation sites is 1. The van der Waals surface area contributed by atoms with E-state index in [0.29, 0.717) is 0 Å². The highest BCUT2D eigenvalue weighted by Crippen LogP contribution is 2.55. The molecule has 0 saturated carbocycles. The Bertz CT molecular complexity index is 2630. The van der Waals surface area contributed by atoms with Crippen LogP contribution in [0.2, 0.25) is 0 Å². The molecule has 2 heteroatoms. The molecule has 0 aliphatic heterocycles. The maximum Gasteiger partial charge on any atom is 0.143 e. The van der Waals surface area contributed by atoms with Crippen molar-refractivity contribution in [3.05, 3.63) is 162 Å². The van der Waals surface area contributed by atoms with Crippen LogP contribution in [0.25, 0.3) is 55.0 Å². The number of benzene rings is 7. The molecule has 2 nitrogen and oxygen atoms in total. The molecule has 8 aromatic rings. The fourth-order valence-electron chi connectivity index (χ4n) is 8.81. The smallest absolute Gasteiger partial charge is 0.143 e. The van der Waals surface area contributed by atoms with Gasteiger partial charge < -0.3 is 9.32 Å². The van der Waals surface area contributed by atoms with E-state index < -0.39 is 0 Å². The van der Waals surface area contributed by atoms with E-state index in [1.54, 1.807) is 0 Å². The minimum Gasteiger partial charge on any atom is -0.455 e. The van der Waals surface area contributed by atoms with E-state index in [1.165, 1.54) is 66.4 Å². The van der Waals surface area contributed by atoms with Crippen molar-refractivity contribution in [3.8, 4) is 22.3 Å². The van der Waals surface area contributed by atoms with Crippen LogP contribution in [0.3, 0.4) is 0 Å². The van der Waals surface area contributed by atoms with Gasteiger partial charge in [-0.05, 0) is 80.7 Å². The second-order valence-electron chi connectivity index (χ2n) is 14.6. The normalized spacial score (nSPS) is 15.0. The molecule has 2 aliphatic carbocycles. The Morgan fingerprint density at radius 1 is 0.458 bits per heavy atom. The summed E-state index contributed by atoms with van der Waals surface area (Å²) < 4.78 is 6.66. The third kappa shape index (κ3) is 3.58. The molecule has 1 aromatic heterocycles. The van der Waals surface area contributed by atoms with Gasteiger partial charge in [-0.2, -0.15) is 0 Å². The first kappa shape index (κ1) is 27.5. The Kier molecular flexibility index (Phi) is 5.44. The van der Waals surface area contributed by atoms with Crippen LogP contribution in [0.15, 0.2) is 144 Å². The zero-order valence-electron chi connectivity index (χ0n) is 27.6. The molecule has 0 bridgehead atoms. The number of anilines is 3. The second-order valence-corrected chi connectivity index (χ2v) is 14.6. The molecular formula is C46H35NO. The lowest BCUT2D eigenvalue weighted by molar-refractivity contribution is 0.653. The van der Waals surface area contributed by atoms with Gasteiger partial charge in [-0.1, -0.05) is 131 Å². The van der Waals surface area contributed by atoms with E-state index in [0.717, 1.165) is 27.9 Å². The minimum absolute atomic E-state index is 0.0971. The lowest BCUT2D eigenvalue weighted by Crippen LogP contribution is -2.17. The van der Waals surface area contributed by atoms with E-state index in [1.807, 2.05) is 0 Å². The van der Waals surface area contributed by atoms with Crippen LogP contribution in [0.5, 0.6) is 0 Å². The Balaban J connectivity index is 1.24. The first-order valence-corrected chi connectivity index (χ1v) is 16.9. The summed E-state index contributed by atoms with van der Waals surface area (Å²) in [6.45, 7) is 9.40. The SMILES string of the molecule is CC1(C)c2ccccc2-c2ccc(N(c3ccc4c(c3)-c3c(ccc5c3oc3ccccc35)C4(C)C)c3cccc4ccccc34)cc21. The van der Waals surface area contributed by atoms with Crippen molar-refractivity contribution >= 4 is 49.8 Å². The quantitative estimate of drug-likeness (QED) is 0.196. The summed E-state index contributed by atoms with van der Waals surface area (Å²) >= 11 is 0. The Labute approximate surface area is 280 Å². The molecule has 10 rings (SSSR count). The van der Waals surface area contributed by atoms with Gasteiger partial charge in [0.25, 0.3) is 0 Å². The summed E-state index contributed by atoms with van der Waals surface area (Å²) in [7, 11) is 0. The van der Waals surface area contributed by atoms with Crippen molar-refractivity contribution in [2.24, 2.45) is 0 Å². The van der Waals surface area contributed by atoms with Crippen LogP contribution in [-0.4, -0.2) is 0 Å². The Morgan fingerprint density at radius 3 is 2.00 bits per heavy atom. The maximum atomic E-state index is 6.66. The molecule has 230 valence electrons. The van der Waals surface area contributed by atoms with Gasteiger partial charge in [0.05, 0.1) is 5.69 Å². The maximum absolute atomic E-state index is 6.66. The summed E-state index contributed by atoms with van der Waals surface area (Å²) in [5, 5.41) is 4.79. The lowest BCUT2D eigenvalue weighted by atomic mass is 9.82. The molecule has 0 saturated heterocycles. The molecular weight excluding hydrogens is 583 g/mol. The topological polar surface area (TPSA) is 16.4 Å². The molecule has 7 aromatic carbocycles. The van der Waals surface area contributed by atoms with Crippen LogP contribution < -0.4 is 4.90 Å². The molecule has 0 unspecified atom stereocenters. The van der Waals surface area contributed by atoms with E-state index in [2.05, 4.69) is 172 Å². The van der Waals surface area contributed by atoms with Gasteiger partial charge in [0.15, 0.2) is 0 Å². The molecule has 0 spiro atoms. The highest BCUT2D eigenvalue weighted by atomic mass is 16.3. The van der Waals surface area contributed by atoms with Crippen LogP contribution >= 0.6 is 0 Å². The third-order valence-corrected chi connectivity index (χ3v) is 11.3. The molecule has 2 aliphatic rings. The highest BCUT2D eigenvalue weighted by molar-refractivity contribution is 6.12. The standard InChI is InChI=1S/C46H35NO/c1-45(2)38-24-21-29(26-36(38)43-39(45)25-23-35-34-16-8-10-19-42(34)48-44(35)43)47(41-18-11-13-28-12-5-6-14-31(28)41)30-20-22-33-32-15-7-9-17-37(32)46(3,4)40(33)27-30/h5-27H,1-4H3. The van der Waals surface area contributed by atoms with E-state index in [-0.39, 0.29) is 10.8 Å². The van der Waals surface area contributed by atoms with E-state index in [4.69, 9.17) is 4.42 Å². The van der Waals surface area contributed by atoms with E-state index >= 15 is 0 Å². The monoisotopic (exact) mass is 617 g/mol. The summed E-state index contributed by atoms with van der Waals surface area (Å²) in [6, 6.07) is 51.4. The lowest BCUT2D eigenvalue weighted by Gasteiger charge is -2.30. The summed E-state index contributed by atoms with van der Waals surface area (Å²) in [6.07, 6.45) is 0. The Hall–Kier alpha value is -5.60. The van der Waals surface area contributed by atoms with Crippen molar-refractivity contribution in [2.75, 3.05) is 4.90 Å². The number of hydrogen-bond donors (Lipinski definition) is 0. The summed E-state index contributed by atoms with van der Waals surface area (Å²) in [4.78, 5) is 2.46. The third-order valence-electron chi connectivity index (χ3n) is 11.3. The molecule has 0 radical (unpaired) electrons. The molecule has 1 heterocycles. The van der Waals surface area contributed by atoms with Gasteiger partial charge in [0.2, 0.25) is 0 Å². The molecule has 48 heavy (non-hydrogen) atoms. The largest absolute Gasteiger partial charge is 0.455 e. The zero-order chi connectivity index (χ0) is 32.4. The van der Waals surface area contributed by atoms with Crippen molar-refractivity contribution in [1.82, 2.24) is 0 Å². The first-order valence-electron chi connectivity index (χ1n) is 16.9. The van der Waals surface area contributed by atoms with Gasteiger partial charge in [-0.3, -0.25) is 0 Å². The predicted octanol–water partition coefficient (Wildman–Crippen LogP) is 12.8. The van der Waals surface area contributed by atoms with Crippen molar-refractivity contribution in [2.45, 2.75) is 38.5 Å². The number of fused-ring (bicyclic) bond motifs is 11. The van der Waals surface area contributed by atoms with Gasteiger partial charge in [-0.25, -0.2) is 0 Å². The van der Waals surface area contributed by atoms with Gasteiger partial charge >= 0.3 is 0 Å². The van der Waals surface area contributed by atoms with Crippen molar-refractivity contribution in [3.63, 3.8) is 0 Å².